The van der Waals surface area contributed by atoms with Gasteiger partial charge in [0.1, 0.15) is 11.5 Å². The van der Waals surface area contributed by atoms with E-state index >= 15 is 0 Å². The van der Waals surface area contributed by atoms with Crippen molar-refractivity contribution in [2.24, 2.45) is 0 Å². The number of methoxy groups -OCH3 is 2. The lowest BCUT2D eigenvalue weighted by Gasteiger charge is -2.26. The molecule has 0 saturated heterocycles. The zero-order valence-corrected chi connectivity index (χ0v) is 23.5. The lowest BCUT2D eigenvalue weighted by Crippen LogP contribution is -2.18. The molecule has 0 aliphatic carbocycles. The lowest BCUT2D eigenvalue weighted by molar-refractivity contribution is -0.138. The molecule has 226 valence electrons. The summed E-state index contributed by atoms with van der Waals surface area (Å²) in [5, 5.41) is 0. The highest BCUT2D eigenvalue weighted by Crippen LogP contribution is 2.33. The Kier molecular flexibility index (Phi) is 19.8. The summed E-state index contributed by atoms with van der Waals surface area (Å²) in [6.07, 6.45) is 6.27. The fraction of sp³-hybridized carbons (Fsp3) is 0.394. The summed E-state index contributed by atoms with van der Waals surface area (Å²) < 4.78 is 20.0. The Balaban J connectivity index is 0. The van der Waals surface area contributed by atoms with Crippen molar-refractivity contribution in [1.29, 1.82) is 0 Å². The van der Waals surface area contributed by atoms with Crippen LogP contribution in [-0.2, 0) is 34.1 Å². The van der Waals surface area contributed by atoms with Gasteiger partial charge in [0.15, 0.2) is 11.6 Å². The predicted octanol–water partition coefficient (Wildman–Crippen LogP) is 6.45. The Morgan fingerprint density at radius 2 is 1.10 bits per heavy atom. The van der Waals surface area contributed by atoms with E-state index in [-0.39, 0.29) is 31.8 Å². The molecule has 0 unspecified atom stereocenters. The van der Waals surface area contributed by atoms with Crippen LogP contribution in [0.5, 0.6) is 11.5 Å². The molecule has 0 heterocycles. The molecule has 0 saturated carbocycles. The van der Waals surface area contributed by atoms with Crippen molar-refractivity contribution in [2.75, 3.05) is 27.4 Å². The van der Waals surface area contributed by atoms with Crippen LogP contribution in [0, 0.1) is 0 Å². The number of carbonyl (C=O) groups is 4. The predicted molar refractivity (Wildman–Crippen MR) is 162 cm³/mol. The average Bonchev–Trinajstić information content (AvgIpc) is 2.91. The van der Waals surface area contributed by atoms with Gasteiger partial charge in [0.25, 0.3) is 0 Å². The van der Waals surface area contributed by atoms with Gasteiger partial charge in [-0.25, -0.2) is 9.59 Å². The zero-order chi connectivity index (χ0) is 29.3. The second-order valence-electron chi connectivity index (χ2n) is 9.05. The second kappa shape index (κ2) is 20.8. The monoisotopic (exact) mass is 570 g/mol. The summed E-state index contributed by atoms with van der Waals surface area (Å²) >= 11 is 0. The SMILES string of the molecule is C.C.COCCCCOC(=O)/C=C\C(C)=O.COc1ccc(C(C)(C)c2ccc(OC(=O)/C=C\C(C)=O)cc2)cc1. The fourth-order valence-electron chi connectivity index (χ4n) is 3.20. The molecule has 2 aromatic rings. The molecule has 0 spiro atoms. The van der Waals surface area contributed by atoms with E-state index in [2.05, 4.69) is 13.8 Å². The van der Waals surface area contributed by atoms with Gasteiger partial charge in [-0.15, -0.1) is 0 Å². The maximum Gasteiger partial charge on any atom is 0.336 e. The normalized spacial score (nSPS) is 10.5. The maximum atomic E-state index is 11.6. The largest absolute Gasteiger partial charge is 0.497 e. The molecule has 0 atom stereocenters. The number of hydrogen-bond acceptors (Lipinski definition) is 8. The van der Waals surface area contributed by atoms with Crippen molar-refractivity contribution in [3.8, 4) is 11.5 Å². The quantitative estimate of drug-likeness (QED) is 0.117. The van der Waals surface area contributed by atoms with Crippen molar-refractivity contribution < 1.29 is 38.1 Å². The first kappa shape index (κ1) is 39.1. The van der Waals surface area contributed by atoms with Crippen LogP contribution in [0.2, 0.25) is 0 Å². The van der Waals surface area contributed by atoms with Crippen LogP contribution in [-0.4, -0.2) is 50.9 Å². The molecule has 2 aromatic carbocycles. The zero-order valence-electron chi connectivity index (χ0n) is 23.5. The number of hydrogen-bond donors (Lipinski definition) is 0. The molecular formula is C33H46O8. The highest BCUT2D eigenvalue weighted by molar-refractivity contribution is 5.95. The molecule has 0 N–H and O–H groups in total. The summed E-state index contributed by atoms with van der Waals surface area (Å²) in [6.45, 7) is 8.05. The van der Waals surface area contributed by atoms with Gasteiger partial charge in [-0.05, 0) is 74.2 Å². The van der Waals surface area contributed by atoms with Gasteiger partial charge in [-0.3, -0.25) is 9.59 Å². The van der Waals surface area contributed by atoms with Crippen molar-refractivity contribution in [2.45, 2.75) is 60.8 Å². The summed E-state index contributed by atoms with van der Waals surface area (Å²) in [4.78, 5) is 43.8. The first-order valence-corrected chi connectivity index (χ1v) is 12.5. The van der Waals surface area contributed by atoms with E-state index in [1.54, 1.807) is 26.4 Å². The molecule has 2 rings (SSSR count). The van der Waals surface area contributed by atoms with Crippen LogP contribution in [0.1, 0.15) is 66.5 Å². The van der Waals surface area contributed by atoms with E-state index in [9.17, 15) is 19.2 Å². The number of ketones is 2. The molecule has 0 fully saturated rings. The van der Waals surface area contributed by atoms with Gasteiger partial charge in [-0.2, -0.15) is 0 Å². The number of benzene rings is 2. The molecule has 8 nitrogen and oxygen atoms in total. The molecular weight excluding hydrogens is 524 g/mol. The van der Waals surface area contributed by atoms with Gasteiger partial charge in [0, 0.05) is 31.3 Å². The topological polar surface area (TPSA) is 105 Å². The van der Waals surface area contributed by atoms with E-state index in [1.165, 1.54) is 26.0 Å². The first-order valence-electron chi connectivity index (χ1n) is 12.5. The van der Waals surface area contributed by atoms with E-state index in [1.807, 2.05) is 36.4 Å². The highest BCUT2D eigenvalue weighted by atomic mass is 16.5. The molecule has 0 aliphatic heterocycles. The Bertz CT molecular complexity index is 1130. The van der Waals surface area contributed by atoms with Crippen molar-refractivity contribution in [3.05, 3.63) is 84.0 Å². The second-order valence-corrected chi connectivity index (χ2v) is 9.05. The Morgan fingerprint density at radius 3 is 1.54 bits per heavy atom. The molecule has 0 aliphatic rings. The minimum absolute atomic E-state index is 0. The number of allylic oxidation sites excluding steroid dienone is 2. The Labute approximate surface area is 245 Å². The molecule has 41 heavy (non-hydrogen) atoms. The van der Waals surface area contributed by atoms with Gasteiger partial charge in [0.05, 0.1) is 13.7 Å². The minimum atomic E-state index is -0.572. The standard InChI is InChI=1S/C21H22O4.C10H16O4.2CH4/c1-15(22)5-14-20(23)25-19-12-8-17(9-13-19)21(2,3)16-6-10-18(24-4)11-7-16;1-9(11)5-6-10(12)14-8-4-3-7-13-2;;/h5-14H,1-4H3;5-6H,3-4,7-8H2,1-2H3;2*1H4/b14-5-;6-5-;;. The average molecular weight is 571 g/mol. The lowest BCUT2D eigenvalue weighted by atomic mass is 9.78. The van der Waals surface area contributed by atoms with Crippen LogP contribution >= 0.6 is 0 Å². The maximum absolute atomic E-state index is 11.6. The molecule has 0 aromatic heterocycles. The number of esters is 2. The van der Waals surface area contributed by atoms with Crippen molar-refractivity contribution in [1.82, 2.24) is 0 Å². The summed E-state index contributed by atoms with van der Waals surface area (Å²) in [7, 11) is 3.27. The van der Waals surface area contributed by atoms with Crippen LogP contribution in [0.25, 0.3) is 0 Å². The first-order chi connectivity index (χ1) is 18.5. The third-order valence-electron chi connectivity index (χ3n) is 5.50. The molecule has 0 amide bonds. The van der Waals surface area contributed by atoms with Crippen LogP contribution < -0.4 is 9.47 Å². The summed E-state index contributed by atoms with van der Waals surface area (Å²) in [5.74, 6) is -0.155. The Morgan fingerprint density at radius 1 is 0.659 bits per heavy atom. The molecule has 8 heteroatoms. The minimum Gasteiger partial charge on any atom is -0.497 e. The van der Waals surface area contributed by atoms with Crippen molar-refractivity contribution >= 4 is 23.5 Å². The number of ether oxygens (including phenoxy) is 4. The van der Waals surface area contributed by atoms with E-state index in [0.717, 1.165) is 41.9 Å². The van der Waals surface area contributed by atoms with Gasteiger partial charge < -0.3 is 18.9 Å². The van der Waals surface area contributed by atoms with E-state index in [4.69, 9.17) is 18.9 Å². The summed E-state index contributed by atoms with van der Waals surface area (Å²) in [5.41, 5.74) is 2.04. The van der Waals surface area contributed by atoms with E-state index in [0.29, 0.717) is 19.0 Å². The van der Waals surface area contributed by atoms with Gasteiger partial charge >= 0.3 is 11.9 Å². The number of rotatable bonds is 13. The smallest absolute Gasteiger partial charge is 0.336 e. The van der Waals surface area contributed by atoms with Gasteiger partial charge in [-0.1, -0.05) is 53.0 Å². The number of unbranched alkanes of at least 4 members (excludes halogenated alkanes) is 1. The van der Waals surface area contributed by atoms with E-state index < -0.39 is 11.9 Å². The highest BCUT2D eigenvalue weighted by Gasteiger charge is 2.23. The van der Waals surface area contributed by atoms with Gasteiger partial charge in [0.2, 0.25) is 0 Å². The van der Waals surface area contributed by atoms with Crippen LogP contribution in [0.15, 0.2) is 72.8 Å². The van der Waals surface area contributed by atoms with Crippen LogP contribution in [0.4, 0.5) is 0 Å². The third-order valence-corrected chi connectivity index (χ3v) is 5.50. The summed E-state index contributed by atoms with van der Waals surface area (Å²) in [6, 6.07) is 15.3. The molecule has 0 bridgehead atoms. The van der Waals surface area contributed by atoms with Crippen LogP contribution in [0.3, 0.4) is 0 Å². The fourth-order valence-corrected chi connectivity index (χ4v) is 3.20. The Hall–Kier alpha value is -4.04. The van der Waals surface area contributed by atoms with Crippen molar-refractivity contribution in [3.63, 3.8) is 0 Å². The third kappa shape index (κ3) is 16.0. The number of carbonyl (C=O) groups excluding carboxylic acids is 4. The molecule has 0 radical (unpaired) electrons.